The van der Waals surface area contributed by atoms with Gasteiger partial charge < -0.3 is 5.32 Å². The second-order valence-electron chi connectivity index (χ2n) is 6.52. The number of nitrogens with one attached hydrogen (secondary N) is 1. The quantitative estimate of drug-likeness (QED) is 0.669. The van der Waals surface area contributed by atoms with Gasteiger partial charge in [-0.3, -0.25) is 19.3 Å². The molecule has 1 aromatic rings. The van der Waals surface area contributed by atoms with E-state index in [1.165, 1.54) is 0 Å². The smallest absolute Gasteiger partial charge is 0.240 e. The van der Waals surface area contributed by atoms with Gasteiger partial charge in [0.1, 0.15) is 6.54 Å². The number of carbonyl (C=O) groups excluding carboxylic acids is 3. The molecule has 1 N–H and O–H groups in total. The van der Waals surface area contributed by atoms with Gasteiger partial charge in [0.2, 0.25) is 17.7 Å². The molecule has 1 aliphatic heterocycles. The van der Waals surface area contributed by atoms with Gasteiger partial charge in [0.25, 0.3) is 0 Å². The molecular weight excluding hydrogens is 292 g/mol. The number of allylic oxidation sites excluding steroid dienone is 2. The number of nitrogens with zero attached hydrogens (tertiary/aromatic N) is 1. The molecule has 1 heterocycles. The van der Waals surface area contributed by atoms with Crippen molar-refractivity contribution in [1.82, 2.24) is 10.2 Å². The zero-order valence-corrected chi connectivity index (χ0v) is 12.6. The first-order chi connectivity index (χ1) is 11.1. The molecular formula is C18H18N2O3. The zero-order chi connectivity index (χ0) is 16.0. The normalized spacial score (nSPS) is 30.9. The summed E-state index contributed by atoms with van der Waals surface area (Å²) in [5.41, 5.74) is 0.985. The SMILES string of the molecule is O=C(CN1C(=O)[C@@H]2[C@H](C1=O)[C@H]1C=C[C@H]2C1)NCc1ccccc1. The number of amides is 3. The molecule has 1 saturated carbocycles. The second kappa shape index (κ2) is 5.33. The molecule has 0 aromatic heterocycles. The Kier molecular flexibility index (Phi) is 3.29. The first kappa shape index (κ1) is 14.2. The molecule has 2 bridgehead atoms. The highest BCUT2D eigenvalue weighted by molar-refractivity contribution is 6.08. The van der Waals surface area contributed by atoms with Gasteiger partial charge in [-0.15, -0.1) is 0 Å². The zero-order valence-electron chi connectivity index (χ0n) is 12.6. The number of hydrogen-bond acceptors (Lipinski definition) is 3. The van der Waals surface area contributed by atoms with Crippen molar-refractivity contribution in [2.24, 2.45) is 23.7 Å². The highest BCUT2D eigenvalue weighted by atomic mass is 16.2. The lowest BCUT2D eigenvalue weighted by Gasteiger charge is -2.16. The fourth-order valence-electron chi connectivity index (χ4n) is 4.12. The van der Waals surface area contributed by atoms with Gasteiger partial charge in [-0.1, -0.05) is 42.5 Å². The third-order valence-electron chi connectivity index (χ3n) is 5.20. The molecule has 118 valence electrons. The summed E-state index contributed by atoms with van der Waals surface area (Å²) in [5, 5.41) is 2.77. The van der Waals surface area contributed by atoms with E-state index in [0.29, 0.717) is 6.54 Å². The lowest BCUT2D eigenvalue weighted by Crippen LogP contribution is -2.41. The molecule has 23 heavy (non-hydrogen) atoms. The molecule has 1 aromatic carbocycles. The van der Waals surface area contributed by atoms with Gasteiger partial charge in [-0.25, -0.2) is 0 Å². The Morgan fingerprint density at radius 3 is 2.26 bits per heavy atom. The van der Waals surface area contributed by atoms with Crippen molar-refractivity contribution in [3.8, 4) is 0 Å². The molecule has 5 nitrogen and oxygen atoms in total. The minimum Gasteiger partial charge on any atom is -0.350 e. The maximum absolute atomic E-state index is 12.5. The van der Waals surface area contributed by atoms with E-state index in [4.69, 9.17) is 0 Å². The van der Waals surface area contributed by atoms with E-state index in [1.54, 1.807) is 0 Å². The maximum atomic E-state index is 12.5. The van der Waals surface area contributed by atoms with Gasteiger partial charge in [0.05, 0.1) is 11.8 Å². The minimum absolute atomic E-state index is 0.170. The number of likely N-dealkylation sites (tertiary alicyclic amines) is 1. The Balaban J connectivity index is 1.39. The summed E-state index contributed by atoms with van der Waals surface area (Å²) in [4.78, 5) is 38.2. The van der Waals surface area contributed by atoms with Crippen LogP contribution in [-0.2, 0) is 20.9 Å². The van der Waals surface area contributed by atoms with E-state index in [-0.39, 0.29) is 47.9 Å². The van der Waals surface area contributed by atoms with Crippen LogP contribution in [0, 0.1) is 23.7 Å². The summed E-state index contributed by atoms with van der Waals surface area (Å²) < 4.78 is 0. The maximum Gasteiger partial charge on any atom is 0.240 e. The first-order valence-corrected chi connectivity index (χ1v) is 7.99. The number of rotatable bonds is 4. The molecule has 3 amide bonds. The van der Waals surface area contributed by atoms with Crippen LogP contribution < -0.4 is 5.32 Å². The summed E-state index contributed by atoms with van der Waals surface area (Å²) in [6.45, 7) is 0.229. The van der Waals surface area contributed by atoms with Crippen LogP contribution in [0.4, 0.5) is 0 Å². The van der Waals surface area contributed by atoms with Crippen LogP contribution in [0.3, 0.4) is 0 Å². The summed E-state index contributed by atoms with van der Waals surface area (Å²) >= 11 is 0. The largest absolute Gasteiger partial charge is 0.350 e. The Labute approximate surface area is 134 Å². The van der Waals surface area contributed by atoms with Crippen LogP contribution in [0.1, 0.15) is 12.0 Å². The minimum atomic E-state index is -0.296. The molecule has 3 aliphatic rings. The van der Waals surface area contributed by atoms with Crippen LogP contribution >= 0.6 is 0 Å². The van der Waals surface area contributed by atoms with Crippen LogP contribution in [-0.4, -0.2) is 29.2 Å². The third kappa shape index (κ3) is 2.27. The standard InChI is InChI=1S/C18H18N2O3/c21-14(19-9-11-4-2-1-3-5-11)10-20-17(22)15-12-6-7-13(8-12)16(15)18(20)23/h1-7,12-13,15-16H,8-10H2,(H,19,21)/t12-,13-,15-,16+/m0/s1. The molecule has 0 spiro atoms. The molecule has 5 heteroatoms. The lowest BCUT2D eigenvalue weighted by atomic mass is 9.85. The van der Waals surface area contributed by atoms with E-state index < -0.39 is 0 Å². The summed E-state index contributed by atoms with van der Waals surface area (Å²) in [6.07, 6.45) is 5.01. The van der Waals surface area contributed by atoms with Crippen molar-refractivity contribution >= 4 is 17.7 Å². The van der Waals surface area contributed by atoms with Crippen molar-refractivity contribution < 1.29 is 14.4 Å². The van der Waals surface area contributed by atoms with E-state index in [1.807, 2.05) is 30.3 Å². The highest BCUT2D eigenvalue weighted by Crippen LogP contribution is 2.52. The Morgan fingerprint density at radius 2 is 1.65 bits per heavy atom. The van der Waals surface area contributed by atoms with E-state index in [2.05, 4.69) is 17.5 Å². The molecule has 2 aliphatic carbocycles. The van der Waals surface area contributed by atoms with Gasteiger partial charge in [0.15, 0.2) is 0 Å². The third-order valence-corrected chi connectivity index (χ3v) is 5.20. The highest BCUT2D eigenvalue weighted by Gasteiger charge is 2.59. The number of fused-ring (bicyclic) bond motifs is 5. The van der Waals surface area contributed by atoms with Gasteiger partial charge >= 0.3 is 0 Å². The lowest BCUT2D eigenvalue weighted by molar-refractivity contribution is -0.144. The van der Waals surface area contributed by atoms with Crippen molar-refractivity contribution in [3.05, 3.63) is 48.0 Å². The number of imide groups is 1. The van der Waals surface area contributed by atoms with Crippen molar-refractivity contribution in [3.63, 3.8) is 0 Å². The van der Waals surface area contributed by atoms with Crippen molar-refractivity contribution in [1.29, 1.82) is 0 Å². The Hall–Kier alpha value is -2.43. The number of carbonyl (C=O) groups is 3. The monoisotopic (exact) mass is 310 g/mol. The predicted octanol–water partition coefficient (Wildman–Crippen LogP) is 1.11. The Bertz CT molecular complexity index is 667. The van der Waals surface area contributed by atoms with Crippen LogP contribution in [0.25, 0.3) is 0 Å². The van der Waals surface area contributed by atoms with Gasteiger partial charge in [0, 0.05) is 6.54 Å². The molecule has 0 unspecified atom stereocenters. The van der Waals surface area contributed by atoms with E-state index >= 15 is 0 Å². The predicted molar refractivity (Wildman–Crippen MR) is 82.7 cm³/mol. The number of benzene rings is 1. The average Bonchev–Trinajstić information content (AvgIpc) is 3.24. The van der Waals surface area contributed by atoms with Crippen LogP contribution in [0.15, 0.2) is 42.5 Å². The summed E-state index contributed by atoms with van der Waals surface area (Å²) in [7, 11) is 0. The fourth-order valence-corrected chi connectivity index (χ4v) is 4.12. The molecule has 4 rings (SSSR count). The Morgan fingerprint density at radius 1 is 1.04 bits per heavy atom. The first-order valence-electron chi connectivity index (χ1n) is 7.99. The van der Waals surface area contributed by atoms with Crippen LogP contribution in [0.2, 0.25) is 0 Å². The topological polar surface area (TPSA) is 66.5 Å². The summed E-state index contributed by atoms with van der Waals surface area (Å²) in [6, 6.07) is 9.55. The van der Waals surface area contributed by atoms with Crippen molar-refractivity contribution in [2.45, 2.75) is 13.0 Å². The molecule has 4 atom stereocenters. The van der Waals surface area contributed by atoms with E-state index in [9.17, 15) is 14.4 Å². The van der Waals surface area contributed by atoms with Crippen molar-refractivity contribution in [2.75, 3.05) is 6.54 Å². The van der Waals surface area contributed by atoms with Gasteiger partial charge in [-0.2, -0.15) is 0 Å². The molecule has 2 fully saturated rings. The molecule has 0 radical (unpaired) electrons. The van der Waals surface area contributed by atoms with Gasteiger partial charge in [-0.05, 0) is 23.8 Å². The average molecular weight is 310 g/mol. The fraction of sp³-hybridized carbons (Fsp3) is 0.389. The second-order valence-corrected chi connectivity index (χ2v) is 6.52. The van der Waals surface area contributed by atoms with E-state index in [0.717, 1.165) is 16.9 Å². The molecule has 1 saturated heterocycles. The van der Waals surface area contributed by atoms with Crippen LogP contribution in [0.5, 0.6) is 0 Å². The number of hydrogen-bond donors (Lipinski definition) is 1. The summed E-state index contributed by atoms with van der Waals surface area (Å²) in [5.74, 6) is -0.759.